The van der Waals surface area contributed by atoms with Gasteiger partial charge in [0.1, 0.15) is 0 Å². The Balaban J connectivity index is 2.96. The lowest BCUT2D eigenvalue weighted by Crippen LogP contribution is -2.02. The minimum absolute atomic E-state index is 0.00410. The van der Waals surface area contributed by atoms with Crippen molar-refractivity contribution < 1.29 is 9.66 Å². The lowest BCUT2D eigenvalue weighted by atomic mass is 10.1. The summed E-state index contributed by atoms with van der Waals surface area (Å²) in [6.45, 7) is 4.31. The highest BCUT2D eigenvalue weighted by molar-refractivity contribution is 6.20. The van der Waals surface area contributed by atoms with Gasteiger partial charge < -0.3 is 4.74 Å². The van der Waals surface area contributed by atoms with Crippen molar-refractivity contribution in [1.82, 2.24) is 0 Å². The summed E-state index contributed by atoms with van der Waals surface area (Å²) in [5, 5.41) is 10.8. The maximum Gasteiger partial charge on any atom is 0.310 e. The molecule has 1 unspecified atom stereocenters. The number of nitro groups is 1. The van der Waals surface area contributed by atoms with E-state index in [1.54, 1.807) is 12.1 Å². The second-order valence-corrected chi connectivity index (χ2v) is 4.64. The highest BCUT2D eigenvalue weighted by atomic mass is 35.5. The Hall–Kier alpha value is -1.29. The molecule has 0 bridgehead atoms. The van der Waals surface area contributed by atoms with Crippen LogP contribution in [-0.4, -0.2) is 16.9 Å². The third-order valence-electron chi connectivity index (χ3n) is 2.20. The van der Waals surface area contributed by atoms with Crippen LogP contribution in [0.1, 0.15) is 25.8 Å². The zero-order valence-corrected chi connectivity index (χ0v) is 10.7. The Morgan fingerprint density at radius 1 is 1.53 bits per heavy atom. The summed E-state index contributed by atoms with van der Waals surface area (Å²) in [6.07, 6.45) is 1.48. The maximum atomic E-state index is 10.8. The summed E-state index contributed by atoms with van der Waals surface area (Å²) >= 11 is 5.90. The van der Waals surface area contributed by atoms with Gasteiger partial charge in [0.15, 0.2) is 5.75 Å². The van der Waals surface area contributed by atoms with Crippen molar-refractivity contribution in [3.05, 3.63) is 33.9 Å². The van der Waals surface area contributed by atoms with Gasteiger partial charge in [-0.2, -0.15) is 0 Å². The number of nitrogens with zero attached hydrogens (tertiary/aromatic N) is 1. The number of hydrogen-bond donors (Lipinski definition) is 0. The van der Waals surface area contributed by atoms with E-state index in [2.05, 4.69) is 0 Å². The quantitative estimate of drug-likeness (QED) is 0.445. The first-order valence-corrected chi connectivity index (χ1v) is 6.02. The zero-order valence-electron chi connectivity index (χ0n) is 9.98. The predicted octanol–water partition coefficient (Wildman–Crippen LogP) is 3.55. The molecule has 0 aliphatic rings. The highest BCUT2D eigenvalue weighted by Gasteiger charge is 2.15. The van der Waals surface area contributed by atoms with Gasteiger partial charge in [-0.05, 0) is 31.4 Å². The fraction of sp³-hybridized carbons (Fsp3) is 0.500. The van der Waals surface area contributed by atoms with Gasteiger partial charge in [0.2, 0.25) is 0 Å². The highest BCUT2D eigenvalue weighted by Crippen LogP contribution is 2.28. The van der Waals surface area contributed by atoms with Gasteiger partial charge in [-0.3, -0.25) is 10.1 Å². The molecule has 0 aliphatic heterocycles. The average Bonchev–Trinajstić information content (AvgIpc) is 2.25. The molecule has 0 heterocycles. The monoisotopic (exact) mass is 257 g/mol. The lowest BCUT2D eigenvalue weighted by Gasteiger charge is -2.08. The first kappa shape index (κ1) is 13.8. The van der Waals surface area contributed by atoms with E-state index in [9.17, 15) is 10.1 Å². The molecular weight excluding hydrogens is 242 g/mol. The van der Waals surface area contributed by atoms with Crippen molar-refractivity contribution in [2.75, 3.05) is 6.61 Å². The van der Waals surface area contributed by atoms with E-state index >= 15 is 0 Å². The molecule has 0 fully saturated rings. The molecular formula is C12H16ClNO3. The molecule has 17 heavy (non-hydrogen) atoms. The maximum absolute atomic E-state index is 10.8. The molecule has 0 aliphatic carbocycles. The average molecular weight is 258 g/mol. The van der Waals surface area contributed by atoms with E-state index in [1.165, 1.54) is 6.07 Å². The van der Waals surface area contributed by atoms with Crippen molar-refractivity contribution in [3.8, 4) is 5.75 Å². The lowest BCUT2D eigenvalue weighted by molar-refractivity contribution is -0.385. The molecule has 94 valence electrons. The van der Waals surface area contributed by atoms with Crippen molar-refractivity contribution >= 4 is 17.3 Å². The Bertz CT molecular complexity index is 393. The number of halogens is 1. The van der Waals surface area contributed by atoms with Crippen LogP contribution in [0.4, 0.5) is 5.69 Å². The van der Waals surface area contributed by atoms with Crippen LogP contribution >= 0.6 is 11.6 Å². The van der Waals surface area contributed by atoms with Crippen LogP contribution in [-0.2, 0) is 6.42 Å². The van der Waals surface area contributed by atoms with E-state index in [1.807, 2.05) is 13.8 Å². The van der Waals surface area contributed by atoms with Gasteiger partial charge >= 0.3 is 5.69 Å². The van der Waals surface area contributed by atoms with E-state index in [0.717, 1.165) is 12.0 Å². The van der Waals surface area contributed by atoms with Gasteiger partial charge in [0.05, 0.1) is 11.5 Å². The summed E-state index contributed by atoms with van der Waals surface area (Å²) in [5.74, 6) is 0.326. The minimum Gasteiger partial charge on any atom is -0.487 e. The summed E-state index contributed by atoms with van der Waals surface area (Å²) in [4.78, 5) is 10.4. The number of ether oxygens (including phenoxy) is 1. The Morgan fingerprint density at radius 3 is 2.76 bits per heavy atom. The van der Waals surface area contributed by atoms with Crippen molar-refractivity contribution in [1.29, 1.82) is 0 Å². The van der Waals surface area contributed by atoms with Crippen molar-refractivity contribution in [2.45, 2.75) is 32.1 Å². The Morgan fingerprint density at radius 2 is 2.24 bits per heavy atom. The van der Waals surface area contributed by atoms with Gasteiger partial charge in [-0.15, -0.1) is 11.6 Å². The molecule has 4 nitrogen and oxygen atoms in total. The summed E-state index contributed by atoms with van der Waals surface area (Å²) in [5.41, 5.74) is 0.952. The smallest absolute Gasteiger partial charge is 0.310 e. The van der Waals surface area contributed by atoms with Crippen LogP contribution in [0, 0.1) is 10.1 Å². The molecule has 1 aromatic rings. The topological polar surface area (TPSA) is 52.4 Å². The molecule has 1 rings (SSSR count). The van der Waals surface area contributed by atoms with Crippen LogP contribution in [0.15, 0.2) is 18.2 Å². The number of hydrogen-bond acceptors (Lipinski definition) is 3. The summed E-state index contributed by atoms with van der Waals surface area (Å²) < 4.78 is 5.39. The second-order valence-electron chi connectivity index (χ2n) is 3.89. The van der Waals surface area contributed by atoms with Crippen molar-refractivity contribution in [2.24, 2.45) is 0 Å². The molecule has 1 atom stereocenters. The van der Waals surface area contributed by atoms with Gasteiger partial charge in [0, 0.05) is 11.4 Å². The molecule has 0 radical (unpaired) electrons. The van der Waals surface area contributed by atoms with E-state index in [4.69, 9.17) is 16.3 Å². The van der Waals surface area contributed by atoms with Crippen molar-refractivity contribution in [3.63, 3.8) is 0 Å². The third kappa shape index (κ3) is 4.23. The van der Waals surface area contributed by atoms with Crippen LogP contribution in [0.2, 0.25) is 0 Å². The third-order valence-corrected chi connectivity index (χ3v) is 2.35. The second kappa shape index (κ2) is 6.45. The first-order chi connectivity index (χ1) is 8.04. The van der Waals surface area contributed by atoms with Gasteiger partial charge in [-0.25, -0.2) is 0 Å². The first-order valence-electron chi connectivity index (χ1n) is 5.58. The van der Waals surface area contributed by atoms with Crippen LogP contribution in [0.5, 0.6) is 5.75 Å². The standard InChI is InChI=1S/C12H16ClNO3/c1-3-6-17-12-8-10(7-9(2)13)4-5-11(12)14(15)16/h4-5,8-9H,3,6-7H2,1-2H3. The number of benzene rings is 1. The molecule has 1 aromatic carbocycles. The van der Waals surface area contributed by atoms with Crippen LogP contribution < -0.4 is 4.74 Å². The summed E-state index contributed by atoms with van der Waals surface area (Å²) in [6, 6.07) is 4.89. The fourth-order valence-electron chi connectivity index (χ4n) is 1.49. The van der Waals surface area contributed by atoms with Crippen LogP contribution in [0.25, 0.3) is 0 Å². The number of alkyl halides is 1. The molecule has 0 spiro atoms. The molecule has 0 N–H and O–H groups in total. The Labute approximate surface area is 106 Å². The molecule has 0 saturated heterocycles. The minimum atomic E-state index is -0.432. The fourth-order valence-corrected chi connectivity index (χ4v) is 1.67. The molecule has 5 heteroatoms. The van der Waals surface area contributed by atoms with Crippen LogP contribution in [0.3, 0.4) is 0 Å². The summed E-state index contributed by atoms with van der Waals surface area (Å²) in [7, 11) is 0. The van der Waals surface area contributed by atoms with E-state index in [0.29, 0.717) is 18.8 Å². The molecule has 0 aromatic heterocycles. The van der Waals surface area contributed by atoms with E-state index < -0.39 is 4.92 Å². The number of rotatable bonds is 6. The molecule has 0 amide bonds. The largest absolute Gasteiger partial charge is 0.487 e. The normalized spacial score (nSPS) is 12.2. The van der Waals surface area contributed by atoms with Gasteiger partial charge in [0.25, 0.3) is 0 Å². The zero-order chi connectivity index (χ0) is 12.8. The molecule has 0 saturated carbocycles. The number of nitro benzene ring substituents is 1. The van der Waals surface area contributed by atoms with E-state index in [-0.39, 0.29) is 11.1 Å². The SMILES string of the molecule is CCCOc1cc(CC(C)Cl)ccc1[N+](=O)[O-]. The predicted molar refractivity (Wildman–Crippen MR) is 67.9 cm³/mol. The Kier molecular flexibility index (Phi) is 5.22. The van der Waals surface area contributed by atoms with Gasteiger partial charge in [-0.1, -0.05) is 13.0 Å².